The number of carboxylic acids is 2. The monoisotopic (exact) mass is 254 g/mol. The van der Waals surface area contributed by atoms with Crippen LogP contribution in [0.25, 0.3) is 0 Å². The minimum atomic E-state index is -1.11. The number of aliphatic carboxylic acids is 2. The van der Waals surface area contributed by atoms with E-state index in [0.29, 0.717) is 11.5 Å². The molecule has 0 unspecified atom stereocenters. The molecular formula is C6H8K2O4S. The number of carbonyl (C=O) groups excluding carboxylic acids is 2. The molecule has 0 aromatic rings. The van der Waals surface area contributed by atoms with E-state index in [-0.39, 0.29) is 116 Å². The SMILES string of the molecule is O=C([O-])CCSCCC(=O)[O-].[K+].[K+]. The molecule has 0 aliphatic heterocycles. The molecule has 0 N–H and O–H groups in total. The zero-order valence-corrected chi connectivity index (χ0v) is 14.9. The predicted octanol–water partition coefficient (Wildman–Crippen LogP) is -7.99. The summed E-state index contributed by atoms with van der Waals surface area (Å²) < 4.78 is 0. The van der Waals surface area contributed by atoms with Gasteiger partial charge in [0.2, 0.25) is 0 Å². The van der Waals surface area contributed by atoms with Crippen molar-refractivity contribution in [2.45, 2.75) is 12.8 Å². The Bertz CT molecular complexity index is 138. The van der Waals surface area contributed by atoms with Crippen LogP contribution >= 0.6 is 11.8 Å². The normalized spacial score (nSPS) is 8.00. The Hall–Kier alpha value is 2.56. The molecule has 0 aromatic carbocycles. The average molecular weight is 254 g/mol. The molecule has 13 heavy (non-hydrogen) atoms. The van der Waals surface area contributed by atoms with Gasteiger partial charge in [0.1, 0.15) is 0 Å². The number of carbonyl (C=O) groups is 2. The van der Waals surface area contributed by atoms with Crippen molar-refractivity contribution in [3.8, 4) is 0 Å². The molecule has 0 aliphatic rings. The van der Waals surface area contributed by atoms with Gasteiger partial charge in [0.25, 0.3) is 0 Å². The maximum absolute atomic E-state index is 9.84. The Kier molecular flexibility index (Phi) is 23.4. The first-order valence-electron chi connectivity index (χ1n) is 3.10. The average Bonchev–Trinajstić information content (AvgIpc) is 1.85. The van der Waals surface area contributed by atoms with Crippen LogP contribution in [0, 0.1) is 0 Å². The standard InChI is InChI=1S/C6H10O4S.2K/c7-5(8)1-3-11-4-2-6(9)10;;/h1-4H2,(H,7,8)(H,9,10);;/q;2*+1/p-2. The van der Waals surface area contributed by atoms with Gasteiger partial charge in [0.15, 0.2) is 0 Å². The van der Waals surface area contributed by atoms with Crippen molar-refractivity contribution in [2.24, 2.45) is 0 Å². The van der Waals surface area contributed by atoms with E-state index in [1.807, 2.05) is 0 Å². The van der Waals surface area contributed by atoms with Crippen LogP contribution in [0.3, 0.4) is 0 Å². The third-order valence-electron chi connectivity index (χ3n) is 0.901. The van der Waals surface area contributed by atoms with Gasteiger partial charge in [0.05, 0.1) is 0 Å². The molecule has 0 amide bonds. The van der Waals surface area contributed by atoms with E-state index in [1.54, 1.807) is 0 Å². The minimum absolute atomic E-state index is 0. The van der Waals surface area contributed by atoms with Crippen LogP contribution in [0.1, 0.15) is 12.8 Å². The van der Waals surface area contributed by atoms with Gasteiger partial charge in [-0.15, -0.1) is 0 Å². The smallest absolute Gasteiger partial charge is 0.550 e. The van der Waals surface area contributed by atoms with Crippen molar-refractivity contribution >= 4 is 23.7 Å². The molecule has 0 rings (SSSR count). The van der Waals surface area contributed by atoms with Crippen LogP contribution < -0.4 is 113 Å². The van der Waals surface area contributed by atoms with Gasteiger partial charge in [-0.3, -0.25) is 0 Å². The maximum atomic E-state index is 9.84. The number of hydrogen-bond donors (Lipinski definition) is 0. The molecule has 4 nitrogen and oxygen atoms in total. The van der Waals surface area contributed by atoms with Crippen molar-refractivity contribution in [1.29, 1.82) is 0 Å². The van der Waals surface area contributed by atoms with Crippen LogP contribution in [0.4, 0.5) is 0 Å². The fraction of sp³-hybridized carbons (Fsp3) is 0.667. The third-order valence-corrected chi connectivity index (χ3v) is 1.89. The summed E-state index contributed by atoms with van der Waals surface area (Å²) in [5.74, 6) is -1.41. The summed E-state index contributed by atoms with van der Waals surface area (Å²) >= 11 is 1.27. The molecule has 0 aliphatic carbocycles. The summed E-state index contributed by atoms with van der Waals surface area (Å²) in [7, 11) is 0. The quantitative estimate of drug-likeness (QED) is 0.347. The van der Waals surface area contributed by atoms with Gasteiger partial charge < -0.3 is 19.8 Å². The molecule has 0 atom stereocenters. The second-order valence-electron chi connectivity index (χ2n) is 1.86. The zero-order chi connectivity index (χ0) is 8.69. The topological polar surface area (TPSA) is 80.3 Å². The van der Waals surface area contributed by atoms with Gasteiger partial charge >= 0.3 is 103 Å². The van der Waals surface area contributed by atoms with Crippen LogP contribution in [0.2, 0.25) is 0 Å². The van der Waals surface area contributed by atoms with Gasteiger partial charge in [-0.25, -0.2) is 0 Å². The summed E-state index contributed by atoms with van der Waals surface area (Å²) in [4.78, 5) is 19.7. The fourth-order valence-electron chi connectivity index (χ4n) is 0.413. The van der Waals surface area contributed by atoms with E-state index in [9.17, 15) is 19.8 Å². The van der Waals surface area contributed by atoms with Crippen molar-refractivity contribution in [3.63, 3.8) is 0 Å². The summed E-state index contributed by atoms with van der Waals surface area (Å²) in [5.41, 5.74) is 0. The van der Waals surface area contributed by atoms with Crippen LogP contribution in [0.5, 0.6) is 0 Å². The Labute approximate surface area is 166 Å². The molecule has 0 spiro atoms. The number of thioether (sulfide) groups is 1. The van der Waals surface area contributed by atoms with Crippen LogP contribution in [-0.4, -0.2) is 23.4 Å². The molecule has 7 heteroatoms. The Morgan fingerprint density at radius 3 is 1.46 bits per heavy atom. The summed E-state index contributed by atoms with van der Waals surface area (Å²) in [5, 5.41) is 19.7. The Morgan fingerprint density at radius 2 is 1.23 bits per heavy atom. The summed E-state index contributed by atoms with van der Waals surface area (Å²) in [6.45, 7) is 0. The molecule has 0 radical (unpaired) electrons. The first kappa shape index (κ1) is 20.9. The first-order valence-corrected chi connectivity index (χ1v) is 4.26. The molecule has 0 heterocycles. The number of carboxylic acid groups (broad SMARTS) is 2. The van der Waals surface area contributed by atoms with Crippen molar-refractivity contribution in [2.75, 3.05) is 11.5 Å². The van der Waals surface area contributed by atoms with E-state index >= 15 is 0 Å². The number of hydrogen-bond acceptors (Lipinski definition) is 5. The second-order valence-corrected chi connectivity index (χ2v) is 3.08. The molecule has 0 fully saturated rings. The second kappa shape index (κ2) is 14.6. The minimum Gasteiger partial charge on any atom is -0.550 e. The van der Waals surface area contributed by atoms with Crippen LogP contribution in [0.15, 0.2) is 0 Å². The van der Waals surface area contributed by atoms with E-state index < -0.39 is 11.9 Å². The number of rotatable bonds is 6. The van der Waals surface area contributed by atoms with Crippen molar-refractivity contribution in [3.05, 3.63) is 0 Å². The van der Waals surface area contributed by atoms with Gasteiger partial charge in [-0.05, 0) is 24.3 Å². The summed E-state index contributed by atoms with van der Waals surface area (Å²) in [6.07, 6.45) is -0.0601. The summed E-state index contributed by atoms with van der Waals surface area (Å²) in [6, 6.07) is 0. The van der Waals surface area contributed by atoms with Gasteiger partial charge in [-0.2, -0.15) is 11.8 Å². The fourth-order valence-corrected chi connectivity index (χ4v) is 1.24. The van der Waals surface area contributed by atoms with Gasteiger partial charge in [-0.1, -0.05) is 0 Å². The largest absolute Gasteiger partial charge is 1.00 e. The Balaban J connectivity index is -0.000000500. The van der Waals surface area contributed by atoms with Gasteiger partial charge in [0, 0.05) is 11.9 Å². The first-order chi connectivity index (χ1) is 5.13. The van der Waals surface area contributed by atoms with E-state index in [1.165, 1.54) is 11.8 Å². The Morgan fingerprint density at radius 1 is 0.923 bits per heavy atom. The zero-order valence-electron chi connectivity index (χ0n) is 7.87. The third kappa shape index (κ3) is 20.6. The molecule has 0 saturated carbocycles. The van der Waals surface area contributed by atoms with Crippen molar-refractivity contribution < 1.29 is 123 Å². The molecule has 0 aromatic heterocycles. The van der Waals surface area contributed by atoms with Crippen LogP contribution in [-0.2, 0) is 9.59 Å². The molecule has 0 saturated heterocycles. The van der Waals surface area contributed by atoms with Crippen molar-refractivity contribution in [1.82, 2.24) is 0 Å². The van der Waals surface area contributed by atoms with E-state index in [4.69, 9.17) is 0 Å². The maximum Gasteiger partial charge on any atom is 1.00 e. The van der Waals surface area contributed by atoms with E-state index in [2.05, 4.69) is 0 Å². The molecular weight excluding hydrogens is 246 g/mol. The predicted molar refractivity (Wildman–Crippen MR) is 36.6 cm³/mol. The molecule has 0 bridgehead atoms. The van der Waals surface area contributed by atoms with E-state index in [0.717, 1.165) is 0 Å². The molecule has 64 valence electrons.